The molecule has 0 atom stereocenters. The van der Waals surface area contributed by atoms with E-state index in [0.717, 1.165) is 5.69 Å². The quantitative estimate of drug-likeness (QED) is 0.822. The van der Waals surface area contributed by atoms with Gasteiger partial charge in [-0.2, -0.15) is 8.78 Å². The van der Waals surface area contributed by atoms with E-state index in [2.05, 4.69) is 9.64 Å². The molecule has 0 saturated carbocycles. The monoisotopic (exact) mass is 366 g/mol. The topological polar surface area (TPSA) is 32.8 Å². The van der Waals surface area contributed by atoms with Gasteiger partial charge in [0.2, 0.25) is 0 Å². The van der Waals surface area contributed by atoms with Gasteiger partial charge in [0, 0.05) is 42.5 Å². The Labute approximate surface area is 149 Å². The maximum Gasteiger partial charge on any atom is 0.387 e. The molecule has 3 rings (SSSR count). The number of halogens is 3. The smallest absolute Gasteiger partial charge is 0.387 e. The molecule has 1 aliphatic heterocycles. The van der Waals surface area contributed by atoms with E-state index in [9.17, 15) is 13.6 Å². The highest BCUT2D eigenvalue weighted by atomic mass is 35.5. The third-order valence-corrected chi connectivity index (χ3v) is 4.30. The van der Waals surface area contributed by atoms with Crippen molar-refractivity contribution in [1.82, 2.24) is 4.90 Å². The van der Waals surface area contributed by atoms with Crippen LogP contribution in [0.5, 0.6) is 5.75 Å². The number of hydrogen-bond donors (Lipinski definition) is 0. The largest absolute Gasteiger partial charge is 0.435 e. The van der Waals surface area contributed by atoms with Crippen LogP contribution >= 0.6 is 11.6 Å². The second-order valence-corrected chi connectivity index (χ2v) is 6.10. The van der Waals surface area contributed by atoms with Gasteiger partial charge in [-0.25, -0.2) is 0 Å². The van der Waals surface area contributed by atoms with E-state index in [1.807, 2.05) is 24.3 Å². The summed E-state index contributed by atoms with van der Waals surface area (Å²) < 4.78 is 28.6. The number of hydrogen-bond acceptors (Lipinski definition) is 3. The molecule has 0 spiro atoms. The molecule has 1 saturated heterocycles. The Bertz CT molecular complexity index is 732. The van der Waals surface area contributed by atoms with Gasteiger partial charge in [0.15, 0.2) is 0 Å². The fourth-order valence-corrected chi connectivity index (χ4v) is 2.99. The van der Waals surface area contributed by atoms with E-state index in [1.165, 1.54) is 24.3 Å². The first-order valence-corrected chi connectivity index (χ1v) is 8.25. The summed E-state index contributed by atoms with van der Waals surface area (Å²) >= 11 is 6.02. The number of anilines is 1. The summed E-state index contributed by atoms with van der Waals surface area (Å²) in [6, 6.07) is 13.4. The minimum atomic E-state index is -2.87. The van der Waals surface area contributed by atoms with E-state index >= 15 is 0 Å². The van der Waals surface area contributed by atoms with E-state index in [4.69, 9.17) is 11.6 Å². The second-order valence-electron chi connectivity index (χ2n) is 5.66. The minimum absolute atomic E-state index is 0.0392. The van der Waals surface area contributed by atoms with Crippen LogP contribution in [-0.4, -0.2) is 43.6 Å². The first kappa shape index (κ1) is 17.5. The molecular weight excluding hydrogens is 350 g/mol. The Morgan fingerprint density at radius 2 is 1.72 bits per heavy atom. The maximum atomic E-state index is 12.5. The van der Waals surface area contributed by atoms with E-state index in [-0.39, 0.29) is 11.7 Å². The van der Waals surface area contributed by atoms with Crippen LogP contribution in [0.2, 0.25) is 5.02 Å². The van der Waals surface area contributed by atoms with Gasteiger partial charge in [0.1, 0.15) is 5.75 Å². The van der Waals surface area contributed by atoms with Crippen molar-refractivity contribution in [1.29, 1.82) is 0 Å². The number of rotatable bonds is 4. The van der Waals surface area contributed by atoms with Crippen molar-refractivity contribution >= 4 is 23.2 Å². The summed E-state index contributed by atoms with van der Waals surface area (Å²) in [5, 5.41) is 0.683. The standard InChI is InChI=1S/C18H17ClF2N2O2/c19-14-2-1-3-15(12-14)22-8-10-23(11-9-22)17(24)13-4-6-16(7-5-13)25-18(20)21/h1-7,12,18H,8-11H2. The van der Waals surface area contributed by atoms with Gasteiger partial charge >= 0.3 is 6.61 Å². The van der Waals surface area contributed by atoms with Gasteiger partial charge in [0.25, 0.3) is 5.91 Å². The first-order valence-electron chi connectivity index (χ1n) is 7.87. The molecule has 25 heavy (non-hydrogen) atoms. The van der Waals surface area contributed by atoms with Crippen molar-refractivity contribution in [2.24, 2.45) is 0 Å². The summed E-state index contributed by atoms with van der Waals surface area (Å²) in [5.41, 5.74) is 1.49. The average Bonchev–Trinajstić information content (AvgIpc) is 2.61. The summed E-state index contributed by atoms with van der Waals surface area (Å²) in [6.45, 7) is -0.292. The van der Waals surface area contributed by atoms with Crippen LogP contribution in [-0.2, 0) is 0 Å². The predicted molar refractivity (Wildman–Crippen MR) is 92.6 cm³/mol. The van der Waals surface area contributed by atoms with Gasteiger partial charge in [-0.15, -0.1) is 0 Å². The van der Waals surface area contributed by atoms with Crippen molar-refractivity contribution < 1.29 is 18.3 Å². The Morgan fingerprint density at radius 3 is 2.32 bits per heavy atom. The van der Waals surface area contributed by atoms with Crippen molar-refractivity contribution in [3.05, 3.63) is 59.1 Å². The molecular formula is C18H17ClF2N2O2. The predicted octanol–water partition coefficient (Wildman–Crippen LogP) is 3.90. The number of piperazine rings is 1. The van der Waals surface area contributed by atoms with E-state index in [1.54, 1.807) is 4.90 Å². The molecule has 0 unspecified atom stereocenters. The number of ether oxygens (including phenoxy) is 1. The van der Waals surface area contributed by atoms with E-state index in [0.29, 0.717) is 36.8 Å². The number of carbonyl (C=O) groups is 1. The molecule has 0 N–H and O–H groups in total. The lowest BCUT2D eigenvalue weighted by Crippen LogP contribution is -2.48. The second kappa shape index (κ2) is 7.70. The van der Waals surface area contributed by atoms with Gasteiger partial charge in [-0.05, 0) is 42.5 Å². The van der Waals surface area contributed by atoms with Crippen LogP contribution in [0.3, 0.4) is 0 Å². The fraction of sp³-hybridized carbons (Fsp3) is 0.278. The zero-order valence-electron chi connectivity index (χ0n) is 13.4. The highest BCUT2D eigenvalue weighted by Gasteiger charge is 2.22. The molecule has 2 aromatic carbocycles. The van der Waals surface area contributed by atoms with Crippen molar-refractivity contribution in [3.8, 4) is 5.75 Å². The third-order valence-electron chi connectivity index (χ3n) is 4.07. The molecule has 0 radical (unpaired) electrons. The lowest BCUT2D eigenvalue weighted by Gasteiger charge is -2.36. The molecule has 1 heterocycles. The Balaban J connectivity index is 1.59. The molecule has 0 aromatic heterocycles. The summed E-state index contributed by atoms with van der Waals surface area (Å²) in [7, 11) is 0. The zero-order chi connectivity index (χ0) is 17.8. The van der Waals surface area contributed by atoms with Crippen LogP contribution in [0.15, 0.2) is 48.5 Å². The Kier molecular flexibility index (Phi) is 5.38. The van der Waals surface area contributed by atoms with Crippen molar-refractivity contribution in [2.75, 3.05) is 31.1 Å². The minimum Gasteiger partial charge on any atom is -0.435 e. The molecule has 2 aromatic rings. The summed E-state index contributed by atoms with van der Waals surface area (Å²) in [5.74, 6) is -0.0772. The number of alkyl halides is 2. The Morgan fingerprint density at radius 1 is 1.04 bits per heavy atom. The molecule has 132 valence electrons. The molecule has 0 bridgehead atoms. The molecule has 1 fully saturated rings. The molecule has 4 nitrogen and oxygen atoms in total. The van der Waals surface area contributed by atoms with Gasteiger partial charge in [-0.1, -0.05) is 17.7 Å². The van der Waals surface area contributed by atoms with Gasteiger partial charge in [0.05, 0.1) is 0 Å². The third kappa shape index (κ3) is 4.39. The summed E-state index contributed by atoms with van der Waals surface area (Å²) in [4.78, 5) is 16.5. The lowest BCUT2D eigenvalue weighted by molar-refractivity contribution is -0.0498. The number of amides is 1. The number of benzene rings is 2. The van der Waals surface area contributed by atoms with Crippen molar-refractivity contribution in [3.63, 3.8) is 0 Å². The zero-order valence-corrected chi connectivity index (χ0v) is 14.1. The van der Waals surface area contributed by atoms with Crippen LogP contribution in [0.4, 0.5) is 14.5 Å². The fourth-order valence-electron chi connectivity index (χ4n) is 2.80. The van der Waals surface area contributed by atoms with Crippen LogP contribution in [0.25, 0.3) is 0 Å². The lowest BCUT2D eigenvalue weighted by atomic mass is 10.1. The average molecular weight is 367 g/mol. The Hall–Kier alpha value is -2.34. The van der Waals surface area contributed by atoms with E-state index < -0.39 is 6.61 Å². The molecule has 1 amide bonds. The molecule has 7 heteroatoms. The molecule has 0 aliphatic carbocycles. The van der Waals surface area contributed by atoms with Gasteiger partial charge < -0.3 is 14.5 Å². The highest BCUT2D eigenvalue weighted by Crippen LogP contribution is 2.22. The normalized spacial score (nSPS) is 14.7. The molecule has 1 aliphatic rings. The van der Waals surface area contributed by atoms with Crippen LogP contribution < -0.4 is 9.64 Å². The number of carbonyl (C=O) groups excluding carboxylic acids is 1. The SMILES string of the molecule is O=C(c1ccc(OC(F)F)cc1)N1CCN(c2cccc(Cl)c2)CC1. The van der Waals surface area contributed by atoms with Crippen LogP contribution in [0, 0.1) is 0 Å². The number of nitrogens with zero attached hydrogens (tertiary/aromatic N) is 2. The van der Waals surface area contributed by atoms with Crippen LogP contribution in [0.1, 0.15) is 10.4 Å². The maximum absolute atomic E-state index is 12.5. The summed E-state index contributed by atoms with van der Waals surface area (Å²) in [6.07, 6.45) is 0. The van der Waals surface area contributed by atoms with Gasteiger partial charge in [-0.3, -0.25) is 4.79 Å². The van der Waals surface area contributed by atoms with Crippen molar-refractivity contribution in [2.45, 2.75) is 6.61 Å². The first-order chi connectivity index (χ1) is 12.0. The highest BCUT2D eigenvalue weighted by molar-refractivity contribution is 6.30.